The van der Waals surface area contributed by atoms with E-state index in [1.807, 2.05) is 30.3 Å². The van der Waals surface area contributed by atoms with E-state index in [0.29, 0.717) is 6.61 Å². The number of esters is 1. The lowest BCUT2D eigenvalue weighted by molar-refractivity contribution is 0.0482. The van der Waals surface area contributed by atoms with E-state index >= 15 is 0 Å². The van der Waals surface area contributed by atoms with Crippen LogP contribution in [-0.2, 0) is 17.6 Å². The minimum atomic E-state index is -0.161. The lowest BCUT2D eigenvalue weighted by Gasteiger charge is -2.14. The smallest absolute Gasteiger partial charge is 0.339 e. The van der Waals surface area contributed by atoms with Gasteiger partial charge in [0.15, 0.2) is 0 Å². The highest BCUT2D eigenvalue weighted by Gasteiger charge is 2.27. The van der Waals surface area contributed by atoms with Crippen molar-refractivity contribution in [1.29, 1.82) is 0 Å². The number of rotatable bonds is 2. The molecule has 3 rings (SSSR count). The molecule has 1 aromatic heterocycles. The summed E-state index contributed by atoms with van der Waals surface area (Å²) in [6.45, 7) is 2.66. The quantitative estimate of drug-likeness (QED) is 0.768. The summed E-state index contributed by atoms with van der Waals surface area (Å²) in [7, 11) is 0. The molecule has 2 aromatic rings. The molecule has 0 bridgehead atoms. The first kappa shape index (κ1) is 11.5. The maximum atomic E-state index is 12.0. The van der Waals surface area contributed by atoms with Crippen LogP contribution in [0.3, 0.4) is 0 Å². The first-order valence-corrected chi connectivity index (χ1v) is 7.00. The third kappa shape index (κ3) is 1.75. The summed E-state index contributed by atoms with van der Waals surface area (Å²) in [5.74, 6) is -0.161. The van der Waals surface area contributed by atoms with E-state index in [2.05, 4.69) is 6.92 Å². The molecule has 0 aliphatic carbocycles. The summed E-state index contributed by atoms with van der Waals surface area (Å²) in [6, 6.07) is 10.1. The molecule has 0 atom stereocenters. The Morgan fingerprint density at radius 1 is 1.28 bits per heavy atom. The lowest BCUT2D eigenvalue weighted by Crippen LogP contribution is -2.17. The molecular weight excluding hydrogens is 244 g/mol. The SMILES string of the molecule is CCc1sc(-c2ccccc2)c2c1CCOC2=O. The Balaban J connectivity index is 2.21. The standard InChI is InChI=1S/C15H14O2S/c1-2-12-11-8-9-17-15(16)13(11)14(18-12)10-6-4-3-5-7-10/h3-7H,2,8-9H2,1H3. The van der Waals surface area contributed by atoms with Crippen molar-refractivity contribution in [3.05, 3.63) is 46.3 Å². The van der Waals surface area contributed by atoms with E-state index in [9.17, 15) is 4.79 Å². The molecular formula is C15H14O2S. The monoisotopic (exact) mass is 258 g/mol. The predicted molar refractivity (Wildman–Crippen MR) is 73.1 cm³/mol. The molecule has 1 aliphatic heterocycles. The van der Waals surface area contributed by atoms with Crippen molar-refractivity contribution < 1.29 is 9.53 Å². The fraction of sp³-hybridized carbons (Fsp3) is 0.267. The maximum Gasteiger partial charge on any atom is 0.339 e. The molecule has 0 saturated carbocycles. The summed E-state index contributed by atoms with van der Waals surface area (Å²) in [5.41, 5.74) is 3.12. The van der Waals surface area contributed by atoms with Crippen molar-refractivity contribution in [2.24, 2.45) is 0 Å². The average Bonchev–Trinajstić information content (AvgIpc) is 2.80. The minimum Gasteiger partial charge on any atom is -0.462 e. The highest BCUT2D eigenvalue weighted by atomic mass is 32.1. The summed E-state index contributed by atoms with van der Waals surface area (Å²) < 4.78 is 5.19. The van der Waals surface area contributed by atoms with Gasteiger partial charge in [0.1, 0.15) is 0 Å². The molecule has 0 N–H and O–H groups in total. The van der Waals surface area contributed by atoms with Crippen molar-refractivity contribution in [3.8, 4) is 10.4 Å². The molecule has 1 aromatic carbocycles. The van der Waals surface area contributed by atoms with E-state index in [0.717, 1.165) is 28.8 Å². The number of cyclic esters (lactones) is 1. The highest BCUT2D eigenvalue weighted by molar-refractivity contribution is 7.16. The van der Waals surface area contributed by atoms with Gasteiger partial charge in [0.25, 0.3) is 0 Å². The van der Waals surface area contributed by atoms with Gasteiger partial charge in [0.2, 0.25) is 0 Å². The Hall–Kier alpha value is -1.61. The second-order valence-corrected chi connectivity index (χ2v) is 5.42. The van der Waals surface area contributed by atoms with Crippen LogP contribution in [0.4, 0.5) is 0 Å². The second-order valence-electron chi connectivity index (χ2n) is 4.31. The number of thiophene rings is 1. The molecule has 2 nitrogen and oxygen atoms in total. The minimum absolute atomic E-state index is 0.161. The van der Waals surface area contributed by atoms with Gasteiger partial charge in [-0.25, -0.2) is 4.79 Å². The predicted octanol–water partition coefficient (Wildman–Crippen LogP) is 3.69. The molecule has 0 unspecified atom stereocenters. The van der Waals surface area contributed by atoms with Gasteiger partial charge in [-0.3, -0.25) is 0 Å². The van der Waals surface area contributed by atoms with E-state index in [4.69, 9.17) is 4.74 Å². The first-order chi connectivity index (χ1) is 8.81. The van der Waals surface area contributed by atoms with Crippen molar-refractivity contribution in [1.82, 2.24) is 0 Å². The summed E-state index contributed by atoms with van der Waals surface area (Å²) in [6.07, 6.45) is 1.83. The Bertz CT molecular complexity index is 584. The Labute approximate surface area is 110 Å². The van der Waals surface area contributed by atoms with E-state index in [1.165, 1.54) is 10.4 Å². The summed E-state index contributed by atoms with van der Waals surface area (Å²) in [5, 5.41) is 0. The van der Waals surface area contributed by atoms with Crippen LogP contribution >= 0.6 is 11.3 Å². The van der Waals surface area contributed by atoms with E-state index < -0.39 is 0 Å². The zero-order chi connectivity index (χ0) is 12.5. The van der Waals surface area contributed by atoms with Crippen LogP contribution in [0.1, 0.15) is 27.7 Å². The molecule has 0 saturated heterocycles. The largest absolute Gasteiger partial charge is 0.462 e. The fourth-order valence-electron chi connectivity index (χ4n) is 2.39. The zero-order valence-electron chi connectivity index (χ0n) is 10.2. The molecule has 0 spiro atoms. The Kier molecular flexibility index (Phi) is 2.92. The van der Waals surface area contributed by atoms with Crippen LogP contribution in [0.25, 0.3) is 10.4 Å². The average molecular weight is 258 g/mol. The van der Waals surface area contributed by atoms with Crippen molar-refractivity contribution >= 4 is 17.3 Å². The third-order valence-corrected chi connectivity index (χ3v) is 4.66. The Morgan fingerprint density at radius 3 is 2.78 bits per heavy atom. The van der Waals surface area contributed by atoms with Gasteiger partial charge in [-0.1, -0.05) is 37.3 Å². The number of hydrogen-bond acceptors (Lipinski definition) is 3. The topological polar surface area (TPSA) is 26.3 Å². The van der Waals surface area contributed by atoms with Crippen LogP contribution in [0.2, 0.25) is 0 Å². The number of ether oxygens (including phenoxy) is 1. The highest BCUT2D eigenvalue weighted by Crippen LogP contribution is 2.39. The van der Waals surface area contributed by atoms with Gasteiger partial charge in [-0.15, -0.1) is 11.3 Å². The van der Waals surface area contributed by atoms with Gasteiger partial charge in [-0.05, 0) is 17.5 Å². The van der Waals surface area contributed by atoms with Crippen molar-refractivity contribution in [2.75, 3.05) is 6.61 Å². The molecule has 1 aliphatic rings. The molecule has 2 heterocycles. The van der Waals surface area contributed by atoms with Gasteiger partial charge < -0.3 is 4.74 Å². The van der Waals surface area contributed by atoms with Crippen molar-refractivity contribution in [3.63, 3.8) is 0 Å². The number of carbonyl (C=O) groups is 1. The molecule has 0 fully saturated rings. The van der Waals surface area contributed by atoms with Crippen LogP contribution in [0.15, 0.2) is 30.3 Å². The molecule has 0 radical (unpaired) electrons. The number of carbonyl (C=O) groups excluding carboxylic acids is 1. The number of hydrogen-bond donors (Lipinski definition) is 0. The van der Waals surface area contributed by atoms with Crippen LogP contribution in [0, 0.1) is 0 Å². The summed E-state index contributed by atoms with van der Waals surface area (Å²) >= 11 is 1.73. The number of aryl methyl sites for hydroxylation is 1. The van der Waals surface area contributed by atoms with Crippen LogP contribution in [0.5, 0.6) is 0 Å². The van der Waals surface area contributed by atoms with Gasteiger partial charge in [0.05, 0.1) is 12.2 Å². The first-order valence-electron chi connectivity index (χ1n) is 6.18. The van der Waals surface area contributed by atoms with Gasteiger partial charge >= 0.3 is 5.97 Å². The molecule has 92 valence electrons. The number of benzene rings is 1. The maximum absolute atomic E-state index is 12.0. The second kappa shape index (κ2) is 4.58. The summed E-state index contributed by atoms with van der Waals surface area (Å²) in [4.78, 5) is 14.4. The van der Waals surface area contributed by atoms with E-state index in [-0.39, 0.29) is 5.97 Å². The van der Waals surface area contributed by atoms with E-state index in [1.54, 1.807) is 11.3 Å². The zero-order valence-corrected chi connectivity index (χ0v) is 11.0. The Morgan fingerprint density at radius 2 is 2.06 bits per heavy atom. The van der Waals surface area contributed by atoms with Crippen LogP contribution < -0.4 is 0 Å². The van der Waals surface area contributed by atoms with Gasteiger partial charge in [-0.2, -0.15) is 0 Å². The molecule has 18 heavy (non-hydrogen) atoms. The molecule has 0 amide bonds. The lowest BCUT2D eigenvalue weighted by atomic mass is 10.00. The van der Waals surface area contributed by atoms with Crippen LogP contribution in [-0.4, -0.2) is 12.6 Å². The number of fused-ring (bicyclic) bond motifs is 1. The van der Waals surface area contributed by atoms with Gasteiger partial charge in [0, 0.05) is 16.2 Å². The third-order valence-electron chi connectivity index (χ3n) is 3.24. The van der Waals surface area contributed by atoms with Crippen molar-refractivity contribution in [2.45, 2.75) is 19.8 Å². The molecule has 3 heteroatoms. The normalized spacial score (nSPS) is 14.2. The fourth-order valence-corrected chi connectivity index (χ4v) is 3.67.